The van der Waals surface area contributed by atoms with Gasteiger partial charge in [0.2, 0.25) is 5.91 Å². The van der Waals surface area contributed by atoms with Crippen LogP contribution in [-0.2, 0) is 9.53 Å². The molecule has 1 aromatic rings. The van der Waals surface area contributed by atoms with Crippen molar-refractivity contribution >= 4 is 11.8 Å². The molecule has 1 aromatic carbocycles. The lowest BCUT2D eigenvalue weighted by Crippen LogP contribution is -2.40. The molecule has 37 heavy (non-hydrogen) atoms. The number of carbonyl (C=O) groups is 2. The molecule has 0 aliphatic heterocycles. The highest BCUT2D eigenvalue weighted by atomic mass is 16.5. The van der Waals surface area contributed by atoms with Crippen LogP contribution in [0.5, 0.6) is 5.75 Å². The van der Waals surface area contributed by atoms with Gasteiger partial charge in [-0.1, -0.05) is 86.7 Å². The van der Waals surface area contributed by atoms with Gasteiger partial charge >= 0.3 is 0 Å². The SMILES string of the molecule is CC/C=C\C/C=C\C/C=C\C/C=C\C/C=C\CCOC(CC)C(=O)NCCNC(=O)c1ccccc1O. The molecule has 0 radical (unpaired) electrons. The third-order valence-electron chi connectivity index (χ3n) is 5.28. The van der Waals surface area contributed by atoms with Gasteiger partial charge in [0.05, 0.1) is 12.2 Å². The van der Waals surface area contributed by atoms with Crippen LogP contribution in [0.15, 0.2) is 85.0 Å². The van der Waals surface area contributed by atoms with Crippen molar-refractivity contribution in [3.05, 3.63) is 90.6 Å². The summed E-state index contributed by atoms with van der Waals surface area (Å²) in [5.41, 5.74) is 0.207. The van der Waals surface area contributed by atoms with Crippen LogP contribution in [0.2, 0.25) is 0 Å². The fraction of sp³-hybridized carbons (Fsp3) is 0.419. The van der Waals surface area contributed by atoms with Crippen molar-refractivity contribution in [2.24, 2.45) is 0 Å². The van der Waals surface area contributed by atoms with Gasteiger partial charge < -0.3 is 20.5 Å². The first-order valence-corrected chi connectivity index (χ1v) is 13.3. The second kappa shape index (κ2) is 21.9. The highest BCUT2D eigenvalue weighted by Crippen LogP contribution is 2.14. The molecule has 3 N–H and O–H groups in total. The number of allylic oxidation sites excluding steroid dienone is 9. The molecule has 0 aliphatic carbocycles. The number of ether oxygens (including phenoxy) is 1. The van der Waals surface area contributed by atoms with Crippen LogP contribution in [-0.4, -0.2) is 42.7 Å². The van der Waals surface area contributed by atoms with E-state index in [1.807, 2.05) is 6.92 Å². The van der Waals surface area contributed by atoms with Crippen molar-refractivity contribution in [3.63, 3.8) is 0 Å². The zero-order valence-electron chi connectivity index (χ0n) is 22.4. The Morgan fingerprint density at radius 1 is 0.811 bits per heavy atom. The lowest BCUT2D eigenvalue weighted by molar-refractivity contribution is -0.132. The van der Waals surface area contributed by atoms with Gasteiger partial charge in [-0.05, 0) is 57.1 Å². The Kier molecular flexibility index (Phi) is 18.7. The predicted molar refractivity (Wildman–Crippen MR) is 153 cm³/mol. The molecule has 0 bridgehead atoms. The van der Waals surface area contributed by atoms with Gasteiger partial charge in [-0.3, -0.25) is 9.59 Å². The summed E-state index contributed by atoms with van der Waals surface area (Å²) in [6.45, 7) is 5.06. The normalized spacial score (nSPS) is 12.9. The van der Waals surface area contributed by atoms with Gasteiger partial charge in [-0.25, -0.2) is 0 Å². The van der Waals surface area contributed by atoms with E-state index in [1.165, 1.54) is 6.07 Å². The van der Waals surface area contributed by atoms with Crippen molar-refractivity contribution in [1.82, 2.24) is 10.6 Å². The van der Waals surface area contributed by atoms with Crippen LogP contribution in [0, 0.1) is 0 Å². The smallest absolute Gasteiger partial charge is 0.255 e. The number of hydrogen-bond acceptors (Lipinski definition) is 4. The number of phenolic OH excluding ortho intramolecular Hbond substituents is 1. The zero-order valence-corrected chi connectivity index (χ0v) is 22.4. The van der Waals surface area contributed by atoms with Crippen molar-refractivity contribution in [2.75, 3.05) is 19.7 Å². The number of aromatic hydroxyl groups is 1. The van der Waals surface area contributed by atoms with Gasteiger partial charge in [0.25, 0.3) is 5.91 Å². The Balaban J connectivity index is 2.10. The minimum atomic E-state index is -0.517. The monoisotopic (exact) mass is 508 g/mol. The van der Waals surface area contributed by atoms with Gasteiger partial charge in [-0.15, -0.1) is 0 Å². The van der Waals surface area contributed by atoms with Gasteiger partial charge in [0.1, 0.15) is 11.9 Å². The standard InChI is InChI=1S/C31H44N2O4/c1-3-5-6-7-8-9-10-11-12-13-14-15-16-17-18-21-26-37-29(4-2)31(36)33-25-24-32-30(35)27-22-19-20-23-28(27)34/h5-6,8-9,11-12,14-15,17-20,22-23,29,34H,3-4,7,10,13,16,21,24-26H2,1-2H3,(H,32,35)(H,33,36)/b6-5-,9-8-,12-11-,15-14-,18-17-. The predicted octanol–water partition coefficient (Wildman–Crippen LogP) is 6.17. The molecule has 0 fully saturated rings. The third kappa shape index (κ3) is 16.1. The van der Waals surface area contributed by atoms with Crippen molar-refractivity contribution in [3.8, 4) is 5.75 Å². The number of rotatable bonds is 19. The number of phenols is 1. The first-order chi connectivity index (χ1) is 18.1. The Bertz CT molecular complexity index is 916. The van der Waals surface area contributed by atoms with E-state index >= 15 is 0 Å². The summed E-state index contributed by atoms with van der Waals surface area (Å²) < 4.78 is 5.72. The fourth-order valence-electron chi connectivity index (χ4n) is 3.26. The van der Waals surface area contributed by atoms with Crippen molar-refractivity contribution < 1.29 is 19.4 Å². The van der Waals surface area contributed by atoms with E-state index in [4.69, 9.17) is 4.74 Å². The molecule has 6 heteroatoms. The fourth-order valence-corrected chi connectivity index (χ4v) is 3.26. The first kappa shape index (κ1) is 31.6. The van der Waals surface area contributed by atoms with Crippen LogP contribution >= 0.6 is 0 Å². The molecule has 0 saturated carbocycles. The Morgan fingerprint density at radius 2 is 1.35 bits per heavy atom. The zero-order chi connectivity index (χ0) is 27.0. The van der Waals surface area contributed by atoms with Crippen LogP contribution in [0.4, 0.5) is 0 Å². The molecular formula is C31H44N2O4. The highest BCUT2D eigenvalue weighted by molar-refractivity contribution is 5.96. The Hall–Kier alpha value is -3.38. The molecule has 0 aromatic heterocycles. The van der Waals surface area contributed by atoms with Gasteiger partial charge in [0, 0.05) is 13.1 Å². The van der Waals surface area contributed by atoms with E-state index < -0.39 is 6.10 Å². The maximum absolute atomic E-state index is 12.3. The molecule has 2 amide bonds. The Labute approximate surface area is 222 Å². The lowest BCUT2D eigenvalue weighted by Gasteiger charge is -2.15. The lowest BCUT2D eigenvalue weighted by atomic mass is 10.2. The van der Waals surface area contributed by atoms with Gasteiger partial charge in [-0.2, -0.15) is 0 Å². The summed E-state index contributed by atoms with van der Waals surface area (Å²) in [6, 6.07) is 6.33. The Morgan fingerprint density at radius 3 is 1.92 bits per heavy atom. The molecule has 0 aliphatic rings. The maximum Gasteiger partial charge on any atom is 0.255 e. The maximum atomic E-state index is 12.3. The van der Waals surface area contributed by atoms with Crippen LogP contribution in [0.25, 0.3) is 0 Å². The average Bonchev–Trinajstić information content (AvgIpc) is 2.90. The van der Waals surface area contributed by atoms with E-state index in [2.05, 4.69) is 78.3 Å². The highest BCUT2D eigenvalue weighted by Gasteiger charge is 2.16. The van der Waals surface area contributed by atoms with E-state index in [1.54, 1.807) is 18.2 Å². The van der Waals surface area contributed by atoms with E-state index in [9.17, 15) is 14.7 Å². The summed E-state index contributed by atoms with van der Waals surface area (Å²) in [5, 5.41) is 15.2. The molecule has 0 saturated heterocycles. The molecule has 0 heterocycles. The second-order valence-electron chi connectivity index (χ2n) is 8.33. The number of carbonyl (C=O) groups excluding carboxylic acids is 2. The van der Waals surface area contributed by atoms with E-state index in [0.29, 0.717) is 13.0 Å². The molecule has 202 valence electrons. The molecule has 1 unspecified atom stereocenters. The van der Waals surface area contributed by atoms with Crippen LogP contribution in [0.1, 0.15) is 69.2 Å². The van der Waals surface area contributed by atoms with Crippen molar-refractivity contribution in [1.29, 1.82) is 0 Å². The summed E-state index contributed by atoms with van der Waals surface area (Å²) in [7, 11) is 0. The molecule has 6 nitrogen and oxygen atoms in total. The van der Waals surface area contributed by atoms with Crippen LogP contribution < -0.4 is 10.6 Å². The molecule has 1 rings (SSSR count). The molecular weight excluding hydrogens is 464 g/mol. The summed E-state index contributed by atoms with van der Waals surface area (Å²) in [4.78, 5) is 24.4. The second-order valence-corrected chi connectivity index (χ2v) is 8.33. The number of amides is 2. The summed E-state index contributed by atoms with van der Waals surface area (Å²) in [6.07, 6.45) is 27.3. The topological polar surface area (TPSA) is 87.7 Å². The van der Waals surface area contributed by atoms with E-state index in [0.717, 1.165) is 38.5 Å². The number of nitrogens with one attached hydrogen (secondary N) is 2. The third-order valence-corrected chi connectivity index (χ3v) is 5.28. The average molecular weight is 509 g/mol. The van der Waals surface area contributed by atoms with E-state index in [-0.39, 0.29) is 36.2 Å². The number of benzene rings is 1. The minimum Gasteiger partial charge on any atom is -0.507 e. The van der Waals surface area contributed by atoms with Crippen molar-refractivity contribution in [2.45, 2.75) is 64.9 Å². The number of para-hydroxylation sites is 1. The summed E-state index contributed by atoms with van der Waals surface area (Å²) in [5.74, 6) is -0.646. The van der Waals surface area contributed by atoms with Crippen LogP contribution in [0.3, 0.4) is 0 Å². The quantitative estimate of drug-likeness (QED) is 0.154. The number of hydrogen-bond donors (Lipinski definition) is 3. The molecule has 1 atom stereocenters. The molecule has 0 spiro atoms. The first-order valence-electron chi connectivity index (χ1n) is 13.3. The summed E-state index contributed by atoms with van der Waals surface area (Å²) >= 11 is 0. The van der Waals surface area contributed by atoms with Gasteiger partial charge in [0.15, 0.2) is 0 Å². The minimum absolute atomic E-state index is 0.0732. The largest absolute Gasteiger partial charge is 0.507 e.